The van der Waals surface area contributed by atoms with Crippen LogP contribution in [0.15, 0.2) is 12.7 Å². The van der Waals surface area contributed by atoms with Crippen LogP contribution in [-0.4, -0.2) is 23.4 Å². The molecular formula is C11H21NO. The molecule has 0 aliphatic carbocycles. The van der Waals surface area contributed by atoms with Crippen LogP contribution in [0.3, 0.4) is 0 Å². The number of rotatable bonds is 3. The molecule has 0 saturated carbocycles. The highest BCUT2D eigenvalue weighted by Crippen LogP contribution is 2.17. The summed E-state index contributed by atoms with van der Waals surface area (Å²) in [6, 6.07) is 0.240. The van der Waals surface area contributed by atoms with Crippen LogP contribution in [0.25, 0.3) is 0 Å². The van der Waals surface area contributed by atoms with Crippen molar-refractivity contribution in [2.45, 2.75) is 40.7 Å². The van der Waals surface area contributed by atoms with E-state index in [0.717, 1.165) is 6.54 Å². The first-order chi connectivity index (χ1) is 5.78. The fourth-order valence-electron chi connectivity index (χ4n) is 1.14. The number of carbonyl (C=O) groups excluding carboxylic acids is 1. The summed E-state index contributed by atoms with van der Waals surface area (Å²) in [7, 11) is 0. The van der Waals surface area contributed by atoms with E-state index in [1.165, 1.54) is 6.08 Å². The first kappa shape index (κ1) is 12.2. The zero-order chi connectivity index (χ0) is 10.6. The van der Waals surface area contributed by atoms with Crippen LogP contribution in [-0.2, 0) is 4.79 Å². The second kappa shape index (κ2) is 4.45. The lowest BCUT2D eigenvalue weighted by molar-refractivity contribution is -0.129. The molecule has 0 rings (SSSR count). The molecule has 0 aliphatic heterocycles. The monoisotopic (exact) mass is 183 g/mol. The Morgan fingerprint density at radius 3 is 2.15 bits per heavy atom. The topological polar surface area (TPSA) is 20.3 Å². The lowest BCUT2D eigenvalue weighted by atomic mass is 9.95. The van der Waals surface area contributed by atoms with Gasteiger partial charge in [0.1, 0.15) is 0 Å². The van der Waals surface area contributed by atoms with E-state index in [0.29, 0.717) is 0 Å². The summed E-state index contributed by atoms with van der Waals surface area (Å²) in [4.78, 5) is 13.3. The van der Waals surface area contributed by atoms with Crippen molar-refractivity contribution < 1.29 is 4.79 Å². The van der Waals surface area contributed by atoms with Gasteiger partial charge in [-0.15, -0.1) is 0 Å². The summed E-state index contributed by atoms with van der Waals surface area (Å²) >= 11 is 0. The Bertz CT molecular complexity index is 189. The van der Waals surface area contributed by atoms with Gasteiger partial charge in [-0.25, -0.2) is 0 Å². The molecule has 0 radical (unpaired) electrons. The lowest BCUT2D eigenvalue weighted by Crippen LogP contribution is -2.41. The van der Waals surface area contributed by atoms with Crippen molar-refractivity contribution in [1.82, 2.24) is 4.90 Å². The average molecular weight is 183 g/mol. The Balaban J connectivity index is 4.45. The van der Waals surface area contributed by atoms with Crippen molar-refractivity contribution in [3.63, 3.8) is 0 Å². The van der Waals surface area contributed by atoms with Gasteiger partial charge in [-0.05, 0) is 25.3 Å². The molecule has 0 fully saturated rings. The zero-order valence-electron chi connectivity index (χ0n) is 9.42. The van der Waals surface area contributed by atoms with Gasteiger partial charge in [0, 0.05) is 12.6 Å². The Hall–Kier alpha value is -0.790. The van der Waals surface area contributed by atoms with Crippen LogP contribution in [0, 0.1) is 5.41 Å². The smallest absolute Gasteiger partial charge is 0.246 e. The molecule has 1 amide bonds. The molecule has 0 atom stereocenters. The van der Waals surface area contributed by atoms with Crippen LogP contribution in [0.4, 0.5) is 0 Å². The van der Waals surface area contributed by atoms with Gasteiger partial charge in [0.2, 0.25) is 5.91 Å². The lowest BCUT2D eigenvalue weighted by Gasteiger charge is -2.32. The minimum atomic E-state index is 0.0184. The van der Waals surface area contributed by atoms with Gasteiger partial charge in [0.25, 0.3) is 0 Å². The molecule has 0 bridgehead atoms. The largest absolute Gasteiger partial charge is 0.336 e. The van der Waals surface area contributed by atoms with E-state index in [1.807, 2.05) is 18.7 Å². The molecule has 0 aliphatic rings. The SMILES string of the molecule is C=CC(=O)N(CC(C)(C)C)C(C)C. The van der Waals surface area contributed by atoms with Gasteiger partial charge < -0.3 is 4.90 Å². The summed E-state index contributed by atoms with van der Waals surface area (Å²) < 4.78 is 0. The fourth-order valence-corrected chi connectivity index (χ4v) is 1.14. The highest BCUT2D eigenvalue weighted by Gasteiger charge is 2.21. The maximum atomic E-state index is 11.4. The van der Waals surface area contributed by atoms with E-state index in [4.69, 9.17) is 0 Å². The Labute approximate surface area is 81.6 Å². The highest BCUT2D eigenvalue weighted by molar-refractivity contribution is 5.87. The van der Waals surface area contributed by atoms with E-state index < -0.39 is 0 Å². The molecule has 0 saturated heterocycles. The maximum absolute atomic E-state index is 11.4. The highest BCUT2D eigenvalue weighted by atomic mass is 16.2. The van der Waals surface area contributed by atoms with Gasteiger partial charge in [0.15, 0.2) is 0 Å². The summed E-state index contributed by atoms with van der Waals surface area (Å²) in [5.41, 5.74) is 0.142. The normalized spacial score (nSPS) is 11.5. The van der Waals surface area contributed by atoms with Crippen LogP contribution in [0.1, 0.15) is 34.6 Å². The molecule has 0 unspecified atom stereocenters. The predicted octanol–water partition coefficient (Wildman–Crippen LogP) is 2.46. The molecule has 2 nitrogen and oxygen atoms in total. The van der Waals surface area contributed by atoms with Crippen molar-refractivity contribution >= 4 is 5.91 Å². The standard InChI is InChI=1S/C11H21NO/c1-7-10(13)12(9(2)3)8-11(4,5)6/h7,9H,1,8H2,2-6H3. The third-order valence-corrected chi connectivity index (χ3v) is 1.73. The van der Waals surface area contributed by atoms with E-state index in [1.54, 1.807) is 0 Å². The molecule has 0 spiro atoms. The third kappa shape index (κ3) is 4.71. The maximum Gasteiger partial charge on any atom is 0.246 e. The minimum absolute atomic E-state index is 0.0184. The van der Waals surface area contributed by atoms with Gasteiger partial charge in [-0.1, -0.05) is 27.4 Å². The fraction of sp³-hybridized carbons (Fsp3) is 0.727. The van der Waals surface area contributed by atoms with Gasteiger partial charge >= 0.3 is 0 Å². The molecule has 13 heavy (non-hydrogen) atoms. The van der Waals surface area contributed by atoms with Crippen LogP contribution in [0.2, 0.25) is 0 Å². The number of nitrogens with zero attached hydrogens (tertiary/aromatic N) is 1. The summed E-state index contributed by atoms with van der Waals surface area (Å²) in [5.74, 6) is 0.0184. The molecule has 76 valence electrons. The van der Waals surface area contributed by atoms with Crippen molar-refractivity contribution in [2.24, 2.45) is 5.41 Å². The van der Waals surface area contributed by atoms with Crippen LogP contribution < -0.4 is 0 Å². The number of hydrogen-bond donors (Lipinski definition) is 0. The summed E-state index contributed by atoms with van der Waals surface area (Å²) in [6.45, 7) is 14.7. The van der Waals surface area contributed by atoms with Crippen molar-refractivity contribution in [2.75, 3.05) is 6.54 Å². The summed E-state index contributed by atoms with van der Waals surface area (Å²) in [6.07, 6.45) is 1.38. The number of hydrogen-bond acceptors (Lipinski definition) is 1. The second-order valence-corrected chi connectivity index (χ2v) is 4.82. The van der Waals surface area contributed by atoms with Crippen molar-refractivity contribution in [1.29, 1.82) is 0 Å². The molecule has 2 heteroatoms. The van der Waals surface area contributed by atoms with Crippen molar-refractivity contribution in [3.8, 4) is 0 Å². The van der Waals surface area contributed by atoms with Gasteiger partial charge in [0.05, 0.1) is 0 Å². The Kier molecular flexibility index (Phi) is 4.18. The molecule has 0 N–H and O–H groups in total. The minimum Gasteiger partial charge on any atom is -0.336 e. The number of carbonyl (C=O) groups is 1. The Morgan fingerprint density at radius 2 is 1.92 bits per heavy atom. The molecule has 0 heterocycles. The number of amides is 1. The molecule has 0 aromatic rings. The van der Waals surface area contributed by atoms with E-state index in [2.05, 4.69) is 27.4 Å². The van der Waals surface area contributed by atoms with Gasteiger partial charge in [-0.3, -0.25) is 4.79 Å². The van der Waals surface area contributed by atoms with Crippen LogP contribution >= 0.6 is 0 Å². The van der Waals surface area contributed by atoms with E-state index >= 15 is 0 Å². The molecule has 0 aromatic heterocycles. The van der Waals surface area contributed by atoms with Crippen LogP contribution in [0.5, 0.6) is 0 Å². The van der Waals surface area contributed by atoms with E-state index in [-0.39, 0.29) is 17.4 Å². The van der Waals surface area contributed by atoms with Gasteiger partial charge in [-0.2, -0.15) is 0 Å². The third-order valence-electron chi connectivity index (χ3n) is 1.73. The summed E-state index contributed by atoms with van der Waals surface area (Å²) in [5, 5.41) is 0. The zero-order valence-corrected chi connectivity index (χ0v) is 9.42. The quantitative estimate of drug-likeness (QED) is 0.615. The van der Waals surface area contributed by atoms with Crippen molar-refractivity contribution in [3.05, 3.63) is 12.7 Å². The second-order valence-electron chi connectivity index (χ2n) is 4.82. The van der Waals surface area contributed by atoms with E-state index in [9.17, 15) is 4.79 Å². The molecule has 0 aromatic carbocycles. The first-order valence-electron chi connectivity index (χ1n) is 4.71. The average Bonchev–Trinajstić information content (AvgIpc) is 1.96. The first-order valence-corrected chi connectivity index (χ1v) is 4.71. The predicted molar refractivity (Wildman–Crippen MR) is 56.5 cm³/mol. The molecular weight excluding hydrogens is 162 g/mol. The Morgan fingerprint density at radius 1 is 1.46 bits per heavy atom.